The Morgan fingerprint density at radius 2 is 1.47 bits per heavy atom. The fourth-order valence-electron chi connectivity index (χ4n) is 1.11. The Bertz CT molecular complexity index is 161. The van der Waals surface area contributed by atoms with Crippen molar-refractivity contribution in [3.05, 3.63) is 0 Å². The first-order valence-electron chi connectivity index (χ1n) is 5.24. The summed E-state index contributed by atoms with van der Waals surface area (Å²) in [4.78, 5) is 0. The molecule has 0 aliphatic heterocycles. The third-order valence-electron chi connectivity index (χ3n) is 2.69. The minimum absolute atomic E-state index is 0.0879. The molecule has 0 N–H and O–H groups in total. The number of hydrogen-bond donors (Lipinski definition) is 0. The molecule has 0 atom stereocenters. The van der Waals surface area contributed by atoms with Gasteiger partial charge >= 0.3 is 8.80 Å². The van der Waals surface area contributed by atoms with Crippen LogP contribution < -0.4 is 0 Å². The third-order valence-corrected chi connectivity index (χ3v) is 5.37. The van der Waals surface area contributed by atoms with Crippen molar-refractivity contribution in [3.63, 3.8) is 0 Å². The number of hydrogen-bond acceptors (Lipinski definition) is 4. The quantitative estimate of drug-likeness (QED) is 0.605. The Hall–Kier alpha value is 0.0569. The molecule has 0 amide bonds. The fourth-order valence-corrected chi connectivity index (χ4v) is 2.58. The Morgan fingerprint density at radius 1 is 1.00 bits per heavy atom. The van der Waals surface area contributed by atoms with Gasteiger partial charge in [-0.25, -0.2) is 0 Å². The van der Waals surface area contributed by atoms with E-state index < -0.39 is 8.80 Å². The van der Waals surface area contributed by atoms with Crippen molar-refractivity contribution in [1.82, 2.24) is 0 Å². The van der Waals surface area contributed by atoms with E-state index in [1.54, 1.807) is 21.3 Å². The largest absolute Gasteiger partial charge is 0.502 e. The van der Waals surface area contributed by atoms with Crippen LogP contribution in [0.25, 0.3) is 0 Å². The van der Waals surface area contributed by atoms with E-state index in [0.717, 1.165) is 6.42 Å². The number of rotatable bonds is 8. The van der Waals surface area contributed by atoms with E-state index in [4.69, 9.17) is 18.0 Å². The lowest BCUT2D eigenvalue weighted by atomic mass is 10.1. The summed E-state index contributed by atoms with van der Waals surface area (Å²) in [6, 6.07) is 0.680. The summed E-state index contributed by atoms with van der Waals surface area (Å²) in [5, 5.41) is 0. The van der Waals surface area contributed by atoms with E-state index in [1.807, 2.05) is 0 Å². The molecular formula is C10H24O4Si. The fraction of sp³-hybridized carbons (Fsp3) is 1.00. The van der Waals surface area contributed by atoms with E-state index >= 15 is 0 Å². The SMILES string of the molecule is CCC(C)(C)OCC[Si](OC)(OC)OC. The first-order chi connectivity index (χ1) is 6.95. The van der Waals surface area contributed by atoms with Crippen LogP contribution in [0.1, 0.15) is 27.2 Å². The Balaban J connectivity index is 4.02. The Labute approximate surface area is 94.2 Å². The highest BCUT2D eigenvalue weighted by Crippen LogP contribution is 2.18. The monoisotopic (exact) mass is 236 g/mol. The molecule has 0 spiro atoms. The van der Waals surface area contributed by atoms with Gasteiger partial charge in [-0.2, -0.15) is 0 Å². The first-order valence-corrected chi connectivity index (χ1v) is 7.18. The van der Waals surface area contributed by atoms with Gasteiger partial charge in [0.2, 0.25) is 0 Å². The van der Waals surface area contributed by atoms with Crippen molar-refractivity contribution in [3.8, 4) is 0 Å². The molecule has 0 unspecified atom stereocenters. The van der Waals surface area contributed by atoms with E-state index in [0.29, 0.717) is 12.7 Å². The molecule has 0 saturated heterocycles. The van der Waals surface area contributed by atoms with Gasteiger partial charge in [0, 0.05) is 27.4 Å². The second kappa shape index (κ2) is 6.60. The highest BCUT2D eigenvalue weighted by molar-refractivity contribution is 6.60. The maximum absolute atomic E-state index is 5.73. The lowest BCUT2D eigenvalue weighted by molar-refractivity contribution is -0.0190. The summed E-state index contributed by atoms with van der Waals surface area (Å²) in [7, 11) is 2.39. The lowest BCUT2D eigenvalue weighted by Gasteiger charge is -2.28. The van der Waals surface area contributed by atoms with Crippen LogP contribution in [0.5, 0.6) is 0 Å². The smallest absolute Gasteiger partial charge is 0.377 e. The predicted molar refractivity (Wildman–Crippen MR) is 61.9 cm³/mol. The summed E-state index contributed by atoms with van der Waals surface area (Å²) in [5.41, 5.74) is -0.0879. The molecule has 4 nitrogen and oxygen atoms in total. The minimum Gasteiger partial charge on any atom is -0.377 e. The topological polar surface area (TPSA) is 36.9 Å². The van der Waals surface area contributed by atoms with Crippen molar-refractivity contribution in [1.29, 1.82) is 0 Å². The molecule has 0 heterocycles. The molecule has 0 aromatic rings. The molecule has 0 fully saturated rings. The van der Waals surface area contributed by atoms with Gasteiger partial charge in [-0.05, 0) is 20.3 Å². The van der Waals surface area contributed by atoms with Crippen LogP contribution in [-0.4, -0.2) is 42.3 Å². The molecule has 15 heavy (non-hydrogen) atoms. The van der Waals surface area contributed by atoms with Gasteiger partial charge < -0.3 is 18.0 Å². The molecule has 0 saturated carbocycles. The second-order valence-corrected chi connectivity index (χ2v) is 7.10. The summed E-state index contributed by atoms with van der Waals surface area (Å²) in [6.07, 6.45) is 0.981. The molecule has 0 bridgehead atoms. The zero-order chi connectivity index (χ0) is 11.9. The summed E-state index contributed by atoms with van der Waals surface area (Å²) >= 11 is 0. The van der Waals surface area contributed by atoms with Gasteiger partial charge in [0.05, 0.1) is 12.2 Å². The average Bonchev–Trinajstić information content (AvgIpc) is 2.25. The maximum Gasteiger partial charge on any atom is 0.502 e. The van der Waals surface area contributed by atoms with E-state index in [1.165, 1.54) is 0 Å². The van der Waals surface area contributed by atoms with Gasteiger partial charge in [-0.1, -0.05) is 6.92 Å². The van der Waals surface area contributed by atoms with Crippen molar-refractivity contribution in [2.45, 2.75) is 38.8 Å². The maximum atomic E-state index is 5.73. The molecule has 92 valence electrons. The lowest BCUT2D eigenvalue weighted by Crippen LogP contribution is -2.44. The van der Waals surface area contributed by atoms with Gasteiger partial charge in [0.1, 0.15) is 0 Å². The van der Waals surface area contributed by atoms with Crippen molar-refractivity contribution in [2.75, 3.05) is 27.9 Å². The zero-order valence-corrected chi connectivity index (χ0v) is 11.8. The van der Waals surface area contributed by atoms with Crippen LogP contribution in [0.2, 0.25) is 6.04 Å². The summed E-state index contributed by atoms with van der Waals surface area (Å²) in [6.45, 7) is 6.85. The normalized spacial score (nSPS) is 13.2. The van der Waals surface area contributed by atoms with E-state index in [-0.39, 0.29) is 5.60 Å². The van der Waals surface area contributed by atoms with Crippen LogP contribution >= 0.6 is 0 Å². The van der Waals surface area contributed by atoms with Gasteiger partial charge in [0.15, 0.2) is 0 Å². The summed E-state index contributed by atoms with van der Waals surface area (Å²) < 4.78 is 21.6. The molecule has 0 aromatic carbocycles. The molecule has 0 aromatic heterocycles. The van der Waals surface area contributed by atoms with E-state index in [9.17, 15) is 0 Å². The van der Waals surface area contributed by atoms with Gasteiger partial charge in [-0.3, -0.25) is 0 Å². The minimum atomic E-state index is -2.45. The van der Waals surface area contributed by atoms with Crippen LogP contribution in [0.4, 0.5) is 0 Å². The Morgan fingerprint density at radius 3 is 1.80 bits per heavy atom. The average molecular weight is 236 g/mol. The summed E-state index contributed by atoms with van der Waals surface area (Å²) in [5.74, 6) is 0. The molecular weight excluding hydrogens is 212 g/mol. The van der Waals surface area contributed by atoms with Gasteiger partial charge in [0.25, 0.3) is 0 Å². The van der Waals surface area contributed by atoms with Crippen LogP contribution in [-0.2, 0) is 18.0 Å². The van der Waals surface area contributed by atoms with Crippen molar-refractivity contribution >= 4 is 8.80 Å². The zero-order valence-electron chi connectivity index (χ0n) is 10.8. The predicted octanol–water partition coefficient (Wildman–Crippen LogP) is 2.07. The highest BCUT2D eigenvalue weighted by atomic mass is 28.4. The van der Waals surface area contributed by atoms with Crippen molar-refractivity contribution in [2.24, 2.45) is 0 Å². The third kappa shape index (κ3) is 5.08. The van der Waals surface area contributed by atoms with Crippen LogP contribution in [0, 0.1) is 0 Å². The molecule has 0 radical (unpaired) electrons. The first kappa shape index (κ1) is 15.1. The highest BCUT2D eigenvalue weighted by Gasteiger charge is 2.37. The Kier molecular flexibility index (Phi) is 6.62. The molecule has 0 aliphatic carbocycles. The molecule has 0 aliphatic rings. The molecule has 0 rings (SSSR count). The molecule has 5 heteroatoms. The van der Waals surface area contributed by atoms with Crippen molar-refractivity contribution < 1.29 is 18.0 Å². The van der Waals surface area contributed by atoms with Crippen LogP contribution in [0.15, 0.2) is 0 Å². The van der Waals surface area contributed by atoms with Crippen LogP contribution in [0.3, 0.4) is 0 Å². The second-order valence-electron chi connectivity index (χ2n) is 4.01. The van der Waals surface area contributed by atoms with Gasteiger partial charge in [-0.15, -0.1) is 0 Å². The number of ether oxygens (including phenoxy) is 1. The standard InChI is InChI=1S/C10H24O4Si/c1-7-10(2,3)14-8-9-15(11-4,12-5)13-6/h7-9H2,1-6H3. The van der Waals surface area contributed by atoms with E-state index in [2.05, 4.69) is 20.8 Å².